The smallest absolute Gasteiger partial charge is 0.317 e. The molecule has 0 bridgehead atoms. The van der Waals surface area contributed by atoms with Gasteiger partial charge in [0.1, 0.15) is 0 Å². The number of unbranched alkanes of at least 4 members (excludes halogenated alkanes) is 1. The van der Waals surface area contributed by atoms with Crippen LogP contribution < -0.4 is 5.32 Å². The first kappa shape index (κ1) is 17.2. The zero-order valence-corrected chi connectivity index (χ0v) is 13.5. The third kappa shape index (κ3) is 6.09. The number of hydrogen-bond donors (Lipinski definition) is 1. The van der Waals surface area contributed by atoms with Crippen LogP contribution >= 0.6 is 0 Å². The van der Waals surface area contributed by atoms with Gasteiger partial charge in [0.05, 0.1) is 0 Å². The normalized spacial score (nSPS) is 17.1. The summed E-state index contributed by atoms with van der Waals surface area (Å²) in [4.78, 5) is 18.6. The molecule has 0 unspecified atom stereocenters. The van der Waals surface area contributed by atoms with Gasteiger partial charge in [-0.05, 0) is 39.8 Å². The Morgan fingerprint density at radius 3 is 2.15 bits per heavy atom. The molecule has 1 fully saturated rings. The number of carbonyl (C=O) groups excluding carboxylic acids is 1. The van der Waals surface area contributed by atoms with Crippen molar-refractivity contribution in [3.63, 3.8) is 0 Å². The van der Waals surface area contributed by atoms with Crippen molar-refractivity contribution in [3.05, 3.63) is 0 Å². The number of piperazine rings is 1. The molecule has 0 radical (unpaired) electrons. The molecule has 1 aliphatic rings. The van der Waals surface area contributed by atoms with Crippen LogP contribution in [0.4, 0.5) is 4.79 Å². The van der Waals surface area contributed by atoms with Crippen molar-refractivity contribution in [1.29, 1.82) is 0 Å². The molecule has 0 aromatic rings. The van der Waals surface area contributed by atoms with Crippen LogP contribution in [-0.2, 0) is 0 Å². The molecule has 0 aromatic heterocycles. The maximum absolute atomic E-state index is 11.7. The summed E-state index contributed by atoms with van der Waals surface area (Å²) >= 11 is 0. The average Bonchev–Trinajstić information content (AvgIpc) is 2.49. The highest BCUT2D eigenvalue weighted by Crippen LogP contribution is 2.02. The standard InChI is InChI=1S/C15H32N4O/c1-4-17-11-13-18(14-12-17)10-8-7-9-16-15(20)19(5-2)6-3/h4-14H2,1-3H3,(H,16,20). The monoisotopic (exact) mass is 284 g/mol. The minimum Gasteiger partial charge on any atom is -0.338 e. The van der Waals surface area contributed by atoms with Crippen LogP contribution in [0.25, 0.3) is 0 Å². The molecule has 5 nitrogen and oxygen atoms in total. The second kappa shape index (κ2) is 10.00. The van der Waals surface area contributed by atoms with E-state index in [4.69, 9.17) is 0 Å². The molecule has 1 saturated heterocycles. The fraction of sp³-hybridized carbons (Fsp3) is 0.933. The highest BCUT2D eigenvalue weighted by Gasteiger charge is 2.14. The number of nitrogens with one attached hydrogen (secondary N) is 1. The first-order valence-electron chi connectivity index (χ1n) is 8.18. The molecule has 0 saturated carbocycles. The Balaban J connectivity index is 2.01. The Bertz CT molecular complexity index is 261. The molecule has 1 aliphatic heterocycles. The minimum absolute atomic E-state index is 0.0755. The molecule has 0 spiro atoms. The lowest BCUT2D eigenvalue weighted by atomic mass is 10.2. The van der Waals surface area contributed by atoms with Gasteiger partial charge in [-0.25, -0.2) is 4.79 Å². The van der Waals surface area contributed by atoms with Crippen molar-refractivity contribution < 1.29 is 4.79 Å². The van der Waals surface area contributed by atoms with E-state index in [1.54, 1.807) is 0 Å². The SMILES string of the molecule is CCN1CCN(CCCCNC(=O)N(CC)CC)CC1. The predicted octanol–water partition coefficient (Wildman–Crippen LogP) is 1.46. The second-order valence-electron chi connectivity index (χ2n) is 5.39. The lowest BCUT2D eigenvalue weighted by Crippen LogP contribution is -2.46. The maximum Gasteiger partial charge on any atom is 0.317 e. The van der Waals surface area contributed by atoms with E-state index in [1.165, 1.54) is 45.7 Å². The second-order valence-corrected chi connectivity index (χ2v) is 5.39. The van der Waals surface area contributed by atoms with Crippen LogP contribution in [0.2, 0.25) is 0 Å². The van der Waals surface area contributed by atoms with Crippen molar-refractivity contribution >= 4 is 6.03 Å². The van der Waals surface area contributed by atoms with E-state index in [-0.39, 0.29) is 6.03 Å². The van der Waals surface area contributed by atoms with E-state index in [2.05, 4.69) is 22.0 Å². The molecule has 5 heteroatoms. The zero-order valence-electron chi connectivity index (χ0n) is 13.5. The van der Waals surface area contributed by atoms with Crippen LogP contribution in [-0.4, -0.2) is 79.6 Å². The summed E-state index contributed by atoms with van der Waals surface area (Å²) in [5.74, 6) is 0. The van der Waals surface area contributed by atoms with E-state index < -0.39 is 0 Å². The number of rotatable bonds is 8. The Labute approximate surface area is 124 Å². The maximum atomic E-state index is 11.7. The molecular weight excluding hydrogens is 252 g/mol. The summed E-state index contributed by atoms with van der Waals surface area (Å²) in [6, 6.07) is 0.0755. The van der Waals surface area contributed by atoms with Crippen molar-refractivity contribution in [2.75, 3.05) is 58.9 Å². The van der Waals surface area contributed by atoms with E-state index >= 15 is 0 Å². The molecular formula is C15H32N4O. The van der Waals surface area contributed by atoms with E-state index in [1.807, 2.05) is 18.7 Å². The van der Waals surface area contributed by atoms with Crippen LogP contribution in [0.15, 0.2) is 0 Å². The zero-order chi connectivity index (χ0) is 14.8. The molecule has 118 valence electrons. The van der Waals surface area contributed by atoms with Crippen LogP contribution in [0.3, 0.4) is 0 Å². The van der Waals surface area contributed by atoms with Gasteiger partial charge in [-0.2, -0.15) is 0 Å². The van der Waals surface area contributed by atoms with Gasteiger partial charge in [-0.1, -0.05) is 6.92 Å². The average molecular weight is 284 g/mol. The fourth-order valence-corrected chi connectivity index (χ4v) is 2.61. The number of carbonyl (C=O) groups is 1. The molecule has 0 aromatic carbocycles. The summed E-state index contributed by atoms with van der Waals surface area (Å²) in [5.41, 5.74) is 0. The van der Waals surface area contributed by atoms with Gasteiger partial charge in [-0.15, -0.1) is 0 Å². The lowest BCUT2D eigenvalue weighted by Gasteiger charge is -2.34. The van der Waals surface area contributed by atoms with Crippen LogP contribution in [0.1, 0.15) is 33.6 Å². The van der Waals surface area contributed by atoms with Gasteiger partial charge in [0.25, 0.3) is 0 Å². The number of urea groups is 1. The highest BCUT2D eigenvalue weighted by atomic mass is 16.2. The summed E-state index contributed by atoms with van der Waals surface area (Å²) in [5, 5.41) is 3.00. The molecule has 1 heterocycles. The van der Waals surface area contributed by atoms with Gasteiger partial charge in [0.2, 0.25) is 0 Å². The molecule has 1 rings (SSSR count). The van der Waals surface area contributed by atoms with E-state index in [0.717, 1.165) is 26.1 Å². The molecule has 2 amide bonds. The van der Waals surface area contributed by atoms with Crippen molar-refractivity contribution in [1.82, 2.24) is 20.0 Å². The van der Waals surface area contributed by atoms with Gasteiger partial charge >= 0.3 is 6.03 Å². The van der Waals surface area contributed by atoms with Gasteiger partial charge in [0, 0.05) is 45.8 Å². The lowest BCUT2D eigenvalue weighted by molar-refractivity contribution is 0.135. The summed E-state index contributed by atoms with van der Waals surface area (Å²) in [7, 11) is 0. The topological polar surface area (TPSA) is 38.8 Å². The Morgan fingerprint density at radius 1 is 1.00 bits per heavy atom. The van der Waals surface area contributed by atoms with E-state index in [9.17, 15) is 4.79 Å². The third-order valence-electron chi connectivity index (χ3n) is 4.14. The molecule has 20 heavy (non-hydrogen) atoms. The highest BCUT2D eigenvalue weighted by molar-refractivity contribution is 5.73. The number of hydrogen-bond acceptors (Lipinski definition) is 3. The predicted molar refractivity (Wildman–Crippen MR) is 84.1 cm³/mol. The Morgan fingerprint density at radius 2 is 1.60 bits per heavy atom. The van der Waals surface area contributed by atoms with Crippen molar-refractivity contribution in [3.8, 4) is 0 Å². The number of amides is 2. The van der Waals surface area contributed by atoms with Crippen LogP contribution in [0, 0.1) is 0 Å². The summed E-state index contributed by atoms with van der Waals surface area (Å²) in [6.07, 6.45) is 2.24. The van der Waals surface area contributed by atoms with Gasteiger partial charge in [-0.3, -0.25) is 0 Å². The van der Waals surface area contributed by atoms with Crippen molar-refractivity contribution in [2.24, 2.45) is 0 Å². The summed E-state index contributed by atoms with van der Waals surface area (Å²) in [6.45, 7) is 15.7. The van der Waals surface area contributed by atoms with Gasteiger partial charge in [0.15, 0.2) is 0 Å². The molecule has 0 atom stereocenters. The Hall–Kier alpha value is -0.810. The molecule has 1 N–H and O–H groups in total. The van der Waals surface area contributed by atoms with Crippen molar-refractivity contribution in [2.45, 2.75) is 33.6 Å². The first-order chi connectivity index (χ1) is 9.71. The fourth-order valence-electron chi connectivity index (χ4n) is 2.61. The van der Waals surface area contributed by atoms with Gasteiger partial charge < -0.3 is 20.0 Å². The minimum atomic E-state index is 0.0755. The van der Waals surface area contributed by atoms with Crippen LogP contribution in [0.5, 0.6) is 0 Å². The largest absolute Gasteiger partial charge is 0.338 e. The third-order valence-corrected chi connectivity index (χ3v) is 4.14. The summed E-state index contributed by atoms with van der Waals surface area (Å²) < 4.78 is 0. The Kier molecular flexibility index (Phi) is 8.62. The first-order valence-corrected chi connectivity index (χ1v) is 8.18. The number of likely N-dealkylation sites (N-methyl/N-ethyl adjacent to an activating group) is 1. The molecule has 0 aliphatic carbocycles. The number of nitrogens with zero attached hydrogens (tertiary/aromatic N) is 3. The van der Waals surface area contributed by atoms with E-state index in [0.29, 0.717) is 0 Å². The quantitative estimate of drug-likeness (QED) is 0.686.